The van der Waals surface area contributed by atoms with Crippen LogP contribution < -0.4 is 5.32 Å². The molecule has 170 valence electrons. The average molecular weight is 449 g/mol. The van der Waals surface area contributed by atoms with Gasteiger partial charge < -0.3 is 10.2 Å². The summed E-state index contributed by atoms with van der Waals surface area (Å²) >= 11 is 0. The molecule has 34 heavy (non-hydrogen) atoms. The van der Waals surface area contributed by atoms with E-state index in [4.69, 9.17) is 0 Å². The summed E-state index contributed by atoms with van der Waals surface area (Å²) in [5, 5.41) is 9.98. The summed E-state index contributed by atoms with van der Waals surface area (Å²) < 4.78 is 1.89. The molecule has 1 aromatic carbocycles. The number of anilines is 1. The predicted octanol–water partition coefficient (Wildman–Crippen LogP) is 5.30. The van der Waals surface area contributed by atoms with Crippen LogP contribution in [0.15, 0.2) is 73.4 Å². The third kappa shape index (κ3) is 4.29. The Hall–Kier alpha value is -3.99. The van der Waals surface area contributed by atoms with Gasteiger partial charge in [-0.3, -0.25) is 9.67 Å². The molecule has 4 aromatic rings. The van der Waals surface area contributed by atoms with Crippen molar-refractivity contribution in [1.29, 1.82) is 0 Å². The van der Waals surface area contributed by atoms with Crippen molar-refractivity contribution in [2.24, 2.45) is 7.05 Å². The Morgan fingerprint density at radius 2 is 1.94 bits per heavy atom. The van der Waals surface area contributed by atoms with Crippen molar-refractivity contribution >= 4 is 27.9 Å². The van der Waals surface area contributed by atoms with Crippen LogP contribution >= 0.6 is 0 Å². The van der Waals surface area contributed by atoms with Gasteiger partial charge in [-0.15, -0.1) is 5.73 Å². The minimum atomic E-state index is 0.746. The molecule has 0 radical (unpaired) electrons. The Morgan fingerprint density at radius 3 is 2.68 bits per heavy atom. The quantitative estimate of drug-likeness (QED) is 0.420. The summed E-state index contributed by atoms with van der Waals surface area (Å²) in [6.07, 6.45) is 8.90. The van der Waals surface area contributed by atoms with E-state index in [-0.39, 0.29) is 0 Å². The molecule has 5 rings (SSSR count). The van der Waals surface area contributed by atoms with Crippen molar-refractivity contribution < 1.29 is 0 Å². The van der Waals surface area contributed by atoms with E-state index in [1.807, 2.05) is 36.4 Å². The molecule has 0 spiro atoms. The number of likely N-dealkylation sites (N-methyl/N-ethyl adjacent to an activating group) is 1. The van der Waals surface area contributed by atoms with Crippen LogP contribution in [-0.2, 0) is 7.05 Å². The van der Waals surface area contributed by atoms with Crippen molar-refractivity contribution in [1.82, 2.24) is 24.6 Å². The maximum atomic E-state index is 4.62. The first-order chi connectivity index (χ1) is 16.5. The second-order valence-electron chi connectivity index (χ2n) is 8.75. The summed E-state index contributed by atoms with van der Waals surface area (Å²) in [7, 11) is 4.10. The van der Waals surface area contributed by atoms with Gasteiger partial charge >= 0.3 is 0 Å². The van der Waals surface area contributed by atoms with Gasteiger partial charge in [0, 0.05) is 54.7 Å². The van der Waals surface area contributed by atoms with Gasteiger partial charge in [0.15, 0.2) is 0 Å². The van der Waals surface area contributed by atoms with Crippen LogP contribution in [0, 0.1) is 6.92 Å². The van der Waals surface area contributed by atoms with Gasteiger partial charge in [0.25, 0.3) is 0 Å². The summed E-state index contributed by atoms with van der Waals surface area (Å²) in [6, 6.07) is 12.5. The van der Waals surface area contributed by atoms with E-state index >= 15 is 0 Å². The molecule has 3 aromatic heterocycles. The molecule has 0 fully saturated rings. The smallest absolute Gasteiger partial charge is 0.131 e. The highest BCUT2D eigenvalue weighted by Crippen LogP contribution is 2.29. The zero-order valence-corrected chi connectivity index (χ0v) is 19.8. The van der Waals surface area contributed by atoms with Gasteiger partial charge in [0.05, 0.1) is 17.6 Å². The summed E-state index contributed by atoms with van der Waals surface area (Å²) in [5.41, 5.74) is 10.5. The number of aromatic nitrogens is 4. The second-order valence-corrected chi connectivity index (χ2v) is 8.75. The molecular formula is C28H28N6. The Kier molecular flexibility index (Phi) is 5.84. The highest BCUT2D eigenvalue weighted by atomic mass is 15.3. The number of nitrogens with one attached hydrogen (secondary N) is 1. The molecule has 0 aliphatic carbocycles. The van der Waals surface area contributed by atoms with E-state index in [0.29, 0.717) is 0 Å². The van der Waals surface area contributed by atoms with Crippen LogP contribution in [0.2, 0.25) is 0 Å². The molecule has 0 atom stereocenters. The molecule has 4 heterocycles. The lowest BCUT2D eigenvalue weighted by Gasteiger charge is -2.21. The average Bonchev–Trinajstić information content (AvgIpc) is 3.20. The molecule has 0 bridgehead atoms. The number of rotatable bonds is 5. The molecule has 1 aliphatic rings. The molecular weight excluding hydrogens is 420 g/mol. The van der Waals surface area contributed by atoms with Crippen LogP contribution in [0.4, 0.5) is 5.82 Å². The van der Waals surface area contributed by atoms with Gasteiger partial charge in [0.2, 0.25) is 0 Å². The van der Waals surface area contributed by atoms with Gasteiger partial charge in [-0.2, -0.15) is 5.10 Å². The third-order valence-electron chi connectivity index (χ3n) is 6.49. The van der Waals surface area contributed by atoms with Crippen molar-refractivity contribution in [2.45, 2.75) is 13.3 Å². The number of hydrogen-bond donors (Lipinski definition) is 1. The minimum absolute atomic E-state index is 0.746. The molecule has 0 saturated heterocycles. The van der Waals surface area contributed by atoms with Crippen LogP contribution in [-0.4, -0.2) is 44.8 Å². The van der Waals surface area contributed by atoms with E-state index in [2.05, 4.69) is 88.0 Å². The first-order valence-corrected chi connectivity index (χ1v) is 11.4. The summed E-state index contributed by atoms with van der Waals surface area (Å²) in [5.74, 6) is 0.746. The van der Waals surface area contributed by atoms with E-state index in [0.717, 1.165) is 69.9 Å². The van der Waals surface area contributed by atoms with Crippen molar-refractivity contribution in [3.05, 3.63) is 90.3 Å². The molecule has 1 aliphatic heterocycles. The first kappa shape index (κ1) is 21.8. The normalized spacial score (nSPS) is 14.0. The van der Waals surface area contributed by atoms with Crippen LogP contribution in [0.5, 0.6) is 0 Å². The van der Waals surface area contributed by atoms with E-state index in [1.54, 1.807) is 0 Å². The van der Waals surface area contributed by atoms with E-state index in [9.17, 15) is 0 Å². The van der Waals surface area contributed by atoms with Crippen molar-refractivity contribution in [2.75, 3.05) is 25.5 Å². The van der Waals surface area contributed by atoms with E-state index in [1.165, 1.54) is 5.57 Å². The SMILES string of the molecule is C=C=C(Nc1cc2cc(-c3cnn(C)c3C)ccc2cn1)c1ccnc(C2=CCN(C)CC2)c1. The fourth-order valence-corrected chi connectivity index (χ4v) is 4.27. The fourth-order valence-electron chi connectivity index (χ4n) is 4.27. The van der Waals surface area contributed by atoms with E-state index < -0.39 is 0 Å². The highest BCUT2D eigenvalue weighted by molar-refractivity contribution is 5.90. The topological polar surface area (TPSA) is 58.9 Å². The predicted molar refractivity (Wildman–Crippen MR) is 139 cm³/mol. The molecule has 0 unspecified atom stereocenters. The van der Waals surface area contributed by atoms with Gasteiger partial charge in [-0.25, -0.2) is 4.98 Å². The number of aryl methyl sites for hydroxylation is 1. The largest absolute Gasteiger partial charge is 0.333 e. The van der Waals surface area contributed by atoms with Crippen molar-refractivity contribution in [3.63, 3.8) is 0 Å². The second kappa shape index (κ2) is 9.10. The molecule has 0 saturated carbocycles. The number of nitrogens with zero attached hydrogens (tertiary/aromatic N) is 5. The standard InChI is InChI=1S/C28H28N6/c1-5-26(22-8-11-29-27(15-22)20-9-12-33(3)13-10-20)32-28-16-24-14-21(6-7-23(24)17-30-28)25-18-31-34(4)19(25)2/h6-9,11,14-18H,1,10,12-13H2,2-4H3,(H,30,32). The zero-order chi connectivity index (χ0) is 23.7. The van der Waals surface area contributed by atoms with Crippen LogP contribution in [0.1, 0.15) is 23.4 Å². The van der Waals surface area contributed by atoms with Gasteiger partial charge in [0.1, 0.15) is 5.82 Å². The molecule has 6 nitrogen and oxygen atoms in total. The number of fused-ring (bicyclic) bond motifs is 1. The summed E-state index contributed by atoms with van der Waals surface area (Å²) in [6.45, 7) is 7.98. The van der Waals surface area contributed by atoms with Gasteiger partial charge in [-0.05, 0) is 61.2 Å². The Morgan fingerprint density at radius 1 is 1.06 bits per heavy atom. The Labute approximate surface area is 200 Å². The minimum Gasteiger partial charge on any atom is -0.333 e. The molecule has 1 N–H and O–H groups in total. The maximum absolute atomic E-state index is 4.62. The van der Waals surface area contributed by atoms with Crippen LogP contribution in [0.3, 0.4) is 0 Å². The number of pyridine rings is 2. The maximum Gasteiger partial charge on any atom is 0.131 e. The Balaban J connectivity index is 1.43. The Bertz CT molecular complexity index is 1460. The zero-order valence-electron chi connectivity index (χ0n) is 19.8. The molecule has 6 heteroatoms. The number of hydrogen-bond acceptors (Lipinski definition) is 5. The monoisotopic (exact) mass is 448 g/mol. The highest BCUT2D eigenvalue weighted by Gasteiger charge is 2.13. The molecule has 0 amide bonds. The lowest BCUT2D eigenvalue weighted by Crippen LogP contribution is -2.23. The third-order valence-corrected chi connectivity index (χ3v) is 6.49. The first-order valence-electron chi connectivity index (χ1n) is 11.4. The number of benzene rings is 1. The lowest BCUT2D eigenvalue weighted by atomic mass is 10.0. The fraction of sp³-hybridized carbons (Fsp3) is 0.214. The lowest BCUT2D eigenvalue weighted by molar-refractivity contribution is 0.370. The van der Waals surface area contributed by atoms with Crippen molar-refractivity contribution in [3.8, 4) is 11.1 Å². The van der Waals surface area contributed by atoms with Gasteiger partial charge in [-0.1, -0.05) is 24.8 Å². The summed E-state index contributed by atoms with van der Waals surface area (Å²) in [4.78, 5) is 11.5. The van der Waals surface area contributed by atoms with Crippen LogP contribution in [0.25, 0.3) is 33.2 Å².